The molecule has 0 saturated heterocycles. The molecule has 0 radical (unpaired) electrons. The number of amides is 1. The monoisotopic (exact) mass is 259 g/mol. The van der Waals surface area contributed by atoms with Crippen molar-refractivity contribution in [1.29, 1.82) is 0 Å². The maximum Gasteiger partial charge on any atom is 0.220 e. The molecule has 18 heavy (non-hydrogen) atoms. The van der Waals surface area contributed by atoms with E-state index in [9.17, 15) is 15.0 Å². The van der Waals surface area contributed by atoms with Gasteiger partial charge in [0.25, 0.3) is 0 Å². The molecule has 3 N–H and O–H groups in total. The number of aliphatic hydroxyl groups excluding tert-OH is 2. The molecule has 0 spiro atoms. The topological polar surface area (TPSA) is 69.6 Å². The van der Waals surface area contributed by atoms with Crippen molar-refractivity contribution >= 4 is 5.91 Å². The summed E-state index contributed by atoms with van der Waals surface area (Å²) < 4.78 is 0. The van der Waals surface area contributed by atoms with Crippen molar-refractivity contribution in [3.63, 3.8) is 0 Å². The molecule has 0 rings (SSSR count). The molecule has 0 aromatic rings. The molecule has 0 saturated carbocycles. The van der Waals surface area contributed by atoms with E-state index in [1.54, 1.807) is 0 Å². The Balaban J connectivity index is 3.87. The van der Waals surface area contributed by atoms with Gasteiger partial charge in [0, 0.05) is 6.42 Å². The summed E-state index contributed by atoms with van der Waals surface area (Å²) in [7, 11) is 0. The fourth-order valence-corrected chi connectivity index (χ4v) is 1.86. The zero-order chi connectivity index (χ0) is 13.8. The first-order valence-electron chi connectivity index (χ1n) is 7.23. The number of unbranched alkanes of at least 4 members (excludes halogenated alkanes) is 4. The molecule has 4 nitrogen and oxygen atoms in total. The number of hydrogen-bond donors (Lipinski definition) is 3. The smallest absolute Gasteiger partial charge is 0.220 e. The van der Waals surface area contributed by atoms with Gasteiger partial charge < -0.3 is 15.5 Å². The fourth-order valence-electron chi connectivity index (χ4n) is 1.86. The third-order valence-electron chi connectivity index (χ3n) is 3.12. The van der Waals surface area contributed by atoms with Crippen LogP contribution in [0.4, 0.5) is 0 Å². The molecule has 2 unspecified atom stereocenters. The second-order valence-electron chi connectivity index (χ2n) is 4.88. The van der Waals surface area contributed by atoms with E-state index < -0.39 is 12.1 Å². The van der Waals surface area contributed by atoms with Crippen LogP contribution in [0.15, 0.2) is 0 Å². The highest BCUT2D eigenvalue weighted by molar-refractivity contribution is 5.76. The third-order valence-corrected chi connectivity index (χ3v) is 3.12. The van der Waals surface area contributed by atoms with Crippen molar-refractivity contribution in [1.82, 2.24) is 5.32 Å². The number of carbonyl (C=O) groups is 1. The molecule has 0 aliphatic rings. The lowest BCUT2D eigenvalue weighted by Gasteiger charge is -2.22. The standard InChI is InChI=1S/C14H29NO3/c1-3-5-7-8-9-13(17)12(11-16)15-14(18)10-6-4-2/h12-13,16-17H,3-11H2,1-2H3,(H,15,18). The number of rotatable bonds is 11. The Bertz CT molecular complexity index is 209. The van der Waals surface area contributed by atoms with Crippen LogP contribution >= 0.6 is 0 Å². The van der Waals surface area contributed by atoms with Gasteiger partial charge >= 0.3 is 0 Å². The Labute approximate surface area is 111 Å². The van der Waals surface area contributed by atoms with Crippen molar-refractivity contribution in [3.05, 3.63) is 0 Å². The van der Waals surface area contributed by atoms with Crippen LogP contribution in [0.2, 0.25) is 0 Å². The van der Waals surface area contributed by atoms with E-state index in [1.807, 2.05) is 6.92 Å². The first kappa shape index (κ1) is 17.4. The van der Waals surface area contributed by atoms with Gasteiger partial charge in [-0.1, -0.05) is 46.0 Å². The van der Waals surface area contributed by atoms with Crippen LogP contribution < -0.4 is 5.32 Å². The number of aliphatic hydroxyl groups is 2. The van der Waals surface area contributed by atoms with Crippen LogP contribution in [0.25, 0.3) is 0 Å². The molecular formula is C14H29NO3. The summed E-state index contributed by atoms with van der Waals surface area (Å²) in [5.41, 5.74) is 0. The maximum absolute atomic E-state index is 11.5. The van der Waals surface area contributed by atoms with Crippen molar-refractivity contribution in [2.45, 2.75) is 77.4 Å². The molecular weight excluding hydrogens is 230 g/mol. The second kappa shape index (κ2) is 11.5. The minimum atomic E-state index is -0.641. The molecule has 1 amide bonds. The summed E-state index contributed by atoms with van der Waals surface area (Å²) >= 11 is 0. The van der Waals surface area contributed by atoms with Gasteiger partial charge in [-0.2, -0.15) is 0 Å². The van der Waals surface area contributed by atoms with Gasteiger partial charge in [-0.25, -0.2) is 0 Å². The van der Waals surface area contributed by atoms with E-state index >= 15 is 0 Å². The van der Waals surface area contributed by atoms with Gasteiger partial charge in [0.1, 0.15) is 0 Å². The van der Waals surface area contributed by atoms with E-state index in [2.05, 4.69) is 12.2 Å². The molecule has 0 aromatic heterocycles. The normalized spacial score (nSPS) is 14.2. The number of hydrogen-bond acceptors (Lipinski definition) is 3. The van der Waals surface area contributed by atoms with Crippen molar-refractivity contribution in [2.75, 3.05) is 6.61 Å². The molecule has 0 bridgehead atoms. The van der Waals surface area contributed by atoms with Crippen LogP contribution in [0.1, 0.15) is 65.2 Å². The molecule has 0 heterocycles. The van der Waals surface area contributed by atoms with Crippen molar-refractivity contribution in [2.24, 2.45) is 0 Å². The molecule has 108 valence electrons. The molecule has 0 aliphatic carbocycles. The average molecular weight is 259 g/mol. The zero-order valence-corrected chi connectivity index (χ0v) is 11.8. The summed E-state index contributed by atoms with van der Waals surface area (Å²) in [6, 6.07) is -0.518. The summed E-state index contributed by atoms with van der Waals surface area (Å²) in [4.78, 5) is 11.5. The minimum Gasteiger partial charge on any atom is -0.394 e. The summed E-state index contributed by atoms with van der Waals surface area (Å²) in [5.74, 6) is -0.0801. The molecule has 0 fully saturated rings. The molecule has 4 heteroatoms. The lowest BCUT2D eigenvalue weighted by atomic mass is 10.0. The lowest BCUT2D eigenvalue weighted by Crippen LogP contribution is -2.45. The average Bonchev–Trinajstić information content (AvgIpc) is 2.38. The molecule has 0 aromatic carbocycles. The van der Waals surface area contributed by atoms with E-state index in [-0.39, 0.29) is 12.5 Å². The van der Waals surface area contributed by atoms with Gasteiger partial charge in [-0.3, -0.25) is 4.79 Å². The Morgan fingerprint density at radius 2 is 1.78 bits per heavy atom. The first-order chi connectivity index (χ1) is 8.65. The molecule has 0 aliphatic heterocycles. The zero-order valence-electron chi connectivity index (χ0n) is 11.8. The molecule has 2 atom stereocenters. The summed E-state index contributed by atoms with van der Waals surface area (Å²) in [6.07, 6.45) is 6.64. The SMILES string of the molecule is CCCCCCC(O)C(CO)NC(=O)CCCC. The second-order valence-corrected chi connectivity index (χ2v) is 4.88. The van der Waals surface area contributed by atoms with Crippen LogP contribution in [-0.2, 0) is 4.79 Å². The predicted molar refractivity (Wildman–Crippen MR) is 73.3 cm³/mol. The minimum absolute atomic E-state index is 0.0801. The van der Waals surface area contributed by atoms with Gasteiger partial charge in [0.05, 0.1) is 18.8 Å². The van der Waals surface area contributed by atoms with Crippen molar-refractivity contribution in [3.8, 4) is 0 Å². The van der Waals surface area contributed by atoms with Gasteiger partial charge in [-0.05, 0) is 12.8 Å². The number of nitrogens with one attached hydrogen (secondary N) is 1. The van der Waals surface area contributed by atoms with Crippen LogP contribution in [0, 0.1) is 0 Å². The van der Waals surface area contributed by atoms with Gasteiger partial charge in [0.15, 0.2) is 0 Å². The highest BCUT2D eigenvalue weighted by atomic mass is 16.3. The van der Waals surface area contributed by atoms with Crippen LogP contribution in [-0.4, -0.2) is 34.9 Å². The highest BCUT2D eigenvalue weighted by Crippen LogP contribution is 2.08. The Kier molecular flexibility index (Phi) is 11.1. The van der Waals surface area contributed by atoms with E-state index in [0.717, 1.165) is 32.1 Å². The summed E-state index contributed by atoms with van der Waals surface area (Å²) in [6.45, 7) is 3.97. The highest BCUT2D eigenvalue weighted by Gasteiger charge is 2.19. The van der Waals surface area contributed by atoms with Crippen LogP contribution in [0.3, 0.4) is 0 Å². The Hall–Kier alpha value is -0.610. The van der Waals surface area contributed by atoms with Crippen LogP contribution in [0.5, 0.6) is 0 Å². The van der Waals surface area contributed by atoms with Gasteiger partial charge in [0.2, 0.25) is 5.91 Å². The van der Waals surface area contributed by atoms with Crippen molar-refractivity contribution < 1.29 is 15.0 Å². The fraction of sp³-hybridized carbons (Fsp3) is 0.929. The quantitative estimate of drug-likeness (QED) is 0.497. The Morgan fingerprint density at radius 3 is 2.33 bits per heavy atom. The summed E-state index contributed by atoms with van der Waals surface area (Å²) in [5, 5.41) is 21.8. The van der Waals surface area contributed by atoms with E-state index in [1.165, 1.54) is 6.42 Å². The first-order valence-corrected chi connectivity index (χ1v) is 7.23. The lowest BCUT2D eigenvalue weighted by molar-refractivity contribution is -0.123. The van der Waals surface area contributed by atoms with E-state index in [0.29, 0.717) is 12.8 Å². The van der Waals surface area contributed by atoms with E-state index in [4.69, 9.17) is 0 Å². The largest absolute Gasteiger partial charge is 0.394 e. The third kappa shape index (κ3) is 8.48. The van der Waals surface area contributed by atoms with Gasteiger partial charge in [-0.15, -0.1) is 0 Å². The Morgan fingerprint density at radius 1 is 1.11 bits per heavy atom. The number of carbonyl (C=O) groups excluding carboxylic acids is 1. The predicted octanol–water partition coefficient (Wildman–Crippen LogP) is 1.98. The maximum atomic E-state index is 11.5.